The van der Waals surface area contributed by atoms with Crippen molar-refractivity contribution in [3.63, 3.8) is 0 Å². The molecule has 2 atom stereocenters. The number of hydrogen-bond donors (Lipinski definition) is 2. The Kier molecular flexibility index (Phi) is 3.42. The number of carbonyl (C=O) groups is 1. The van der Waals surface area contributed by atoms with Gasteiger partial charge in [-0.05, 0) is 43.4 Å². The highest BCUT2D eigenvalue weighted by Gasteiger charge is 2.70. The van der Waals surface area contributed by atoms with Crippen molar-refractivity contribution in [2.45, 2.75) is 31.6 Å². The summed E-state index contributed by atoms with van der Waals surface area (Å²) in [6.45, 7) is 1.90. The van der Waals surface area contributed by atoms with E-state index in [-0.39, 0.29) is 11.3 Å². The summed E-state index contributed by atoms with van der Waals surface area (Å²) >= 11 is 0. The SMILES string of the molecule is Cc1ccc2c(c1)C1(C(=O)N2)C2CCCC=C2C(C#N)=C(N)C1(C#N)C#N. The molecule has 1 aliphatic heterocycles. The fraction of sp³-hybridized carbons (Fsp3) is 0.333. The summed E-state index contributed by atoms with van der Waals surface area (Å²) in [5.74, 6) is -0.848. The smallest absolute Gasteiger partial charge is 0.238 e. The standard InChI is InChI=1S/C21H17N5O/c1-12-6-7-17-16(8-12)21(19(27)26-17)15-5-3-2-4-13(15)14(9-22)18(25)20(21,10-23)11-24/h4,6-8,15H,2-3,5,25H2,1H3,(H,26,27). The molecule has 0 saturated carbocycles. The van der Waals surface area contributed by atoms with Crippen molar-refractivity contribution in [3.8, 4) is 18.2 Å². The van der Waals surface area contributed by atoms with Crippen molar-refractivity contribution >= 4 is 11.6 Å². The molecule has 6 heteroatoms. The molecule has 0 bridgehead atoms. The molecule has 0 aromatic heterocycles. The highest BCUT2D eigenvalue weighted by atomic mass is 16.2. The normalized spacial score (nSPS) is 27.6. The van der Waals surface area contributed by atoms with Crippen LogP contribution in [0.3, 0.4) is 0 Å². The molecule has 27 heavy (non-hydrogen) atoms. The molecule has 0 saturated heterocycles. The molecule has 3 aliphatic rings. The third-order valence-electron chi connectivity index (χ3n) is 6.17. The number of nitriles is 3. The molecule has 2 aliphatic carbocycles. The number of fused-ring (bicyclic) bond motifs is 4. The number of rotatable bonds is 0. The maximum atomic E-state index is 13.4. The zero-order valence-electron chi connectivity index (χ0n) is 14.8. The maximum absolute atomic E-state index is 13.4. The van der Waals surface area contributed by atoms with Crippen LogP contribution in [0.15, 0.2) is 41.1 Å². The van der Waals surface area contributed by atoms with Crippen LogP contribution in [0, 0.1) is 52.2 Å². The van der Waals surface area contributed by atoms with Gasteiger partial charge in [-0.15, -0.1) is 0 Å². The van der Waals surface area contributed by atoms with Crippen LogP contribution in [-0.4, -0.2) is 5.91 Å². The summed E-state index contributed by atoms with van der Waals surface area (Å²) in [5.41, 5.74) is 5.76. The van der Waals surface area contributed by atoms with E-state index in [9.17, 15) is 20.6 Å². The second kappa shape index (κ2) is 5.47. The first-order chi connectivity index (χ1) is 13.0. The average molecular weight is 355 g/mol. The van der Waals surface area contributed by atoms with Gasteiger partial charge in [-0.25, -0.2) is 0 Å². The Morgan fingerprint density at radius 3 is 2.67 bits per heavy atom. The number of nitrogens with zero attached hydrogens (tertiary/aromatic N) is 3. The van der Waals surface area contributed by atoms with Crippen LogP contribution in [0.1, 0.15) is 30.4 Å². The minimum atomic E-state index is -1.94. The van der Waals surface area contributed by atoms with Crippen molar-refractivity contribution in [2.75, 3.05) is 5.32 Å². The number of hydrogen-bond acceptors (Lipinski definition) is 5. The summed E-state index contributed by atoms with van der Waals surface area (Å²) in [6, 6.07) is 11.7. The number of benzene rings is 1. The van der Waals surface area contributed by atoms with Gasteiger partial charge in [-0.2, -0.15) is 15.8 Å². The van der Waals surface area contributed by atoms with Crippen molar-refractivity contribution < 1.29 is 4.79 Å². The molecule has 132 valence electrons. The quantitative estimate of drug-likeness (QED) is 0.740. The number of aryl methyl sites for hydroxylation is 1. The lowest BCUT2D eigenvalue weighted by molar-refractivity contribution is -0.125. The van der Waals surface area contributed by atoms with E-state index in [1.807, 2.05) is 25.1 Å². The van der Waals surface area contributed by atoms with Gasteiger partial charge >= 0.3 is 0 Å². The molecule has 1 heterocycles. The fourth-order valence-electron chi connectivity index (χ4n) is 5.02. The predicted molar refractivity (Wildman–Crippen MR) is 97.4 cm³/mol. The lowest BCUT2D eigenvalue weighted by Crippen LogP contribution is -2.60. The van der Waals surface area contributed by atoms with Gasteiger partial charge in [0.1, 0.15) is 11.5 Å². The maximum Gasteiger partial charge on any atom is 0.238 e. The lowest BCUT2D eigenvalue weighted by Gasteiger charge is -2.49. The van der Waals surface area contributed by atoms with Crippen molar-refractivity contribution in [1.29, 1.82) is 15.8 Å². The minimum Gasteiger partial charge on any atom is -0.399 e. The predicted octanol–water partition coefficient (Wildman–Crippen LogP) is 2.69. The Hall–Kier alpha value is -3.56. The Morgan fingerprint density at radius 1 is 1.26 bits per heavy atom. The van der Waals surface area contributed by atoms with E-state index in [0.29, 0.717) is 23.2 Å². The van der Waals surface area contributed by atoms with Crippen LogP contribution in [0.2, 0.25) is 0 Å². The van der Waals surface area contributed by atoms with Gasteiger partial charge in [-0.1, -0.05) is 23.8 Å². The number of allylic oxidation sites excluding steroid dienone is 4. The highest BCUT2D eigenvalue weighted by Crippen LogP contribution is 2.63. The third-order valence-corrected chi connectivity index (χ3v) is 6.17. The van der Waals surface area contributed by atoms with Crippen LogP contribution < -0.4 is 11.1 Å². The molecular weight excluding hydrogens is 338 g/mol. The summed E-state index contributed by atoms with van der Waals surface area (Å²) in [4.78, 5) is 13.4. The van der Waals surface area contributed by atoms with Gasteiger partial charge in [0.05, 0.1) is 23.4 Å². The van der Waals surface area contributed by atoms with E-state index in [2.05, 4.69) is 23.5 Å². The summed E-state index contributed by atoms with van der Waals surface area (Å²) in [5, 5.41) is 32.9. The van der Waals surface area contributed by atoms with Crippen LogP contribution >= 0.6 is 0 Å². The Labute approximate surface area is 157 Å². The number of anilines is 1. The first kappa shape index (κ1) is 16.9. The molecule has 1 spiro atoms. The topological polar surface area (TPSA) is 126 Å². The summed E-state index contributed by atoms with van der Waals surface area (Å²) < 4.78 is 0. The molecular formula is C21H17N5O. The Balaban J connectivity index is 2.21. The fourth-order valence-corrected chi connectivity index (χ4v) is 5.02. The molecule has 6 nitrogen and oxygen atoms in total. The molecule has 2 unspecified atom stereocenters. The lowest BCUT2D eigenvalue weighted by atomic mass is 9.47. The highest BCUT2D eigenvalue weighted by molar-refractivity contribution is 6.09. The van der Waals surface area contributed by atoms with Crippen LogP contribution in [0.4, 0.5) is 5.69 Å². The molecule has 4 rings (SSSR count). The van der Waals surface area contributed by atoms with Crippen LogP contribution in [0.5, 0.6) is 0 Å². The van der Waals surface area contributed by atoms with Gasteiger partial charge in [0.15, 0.2) is 0 Å². The zero-order valence-corrected chi connectivity index (χ0v) is 14.8. The minimum absolute atomic E-state index is 0.121. The summed E-state index contributed by atoms with van der Waals surface area (Å²) in [6.07, 6.45) is 4.13. The Bertz CT molecular complexity index is 1060. The first-order valence-electron chi connectivity index (χ1n) is 8.83. The van der Waals surface area contributed by atoms with Gasteiger partial charge < -0.3 is 11.1 Å². The van der Waals surface area contributed by atoms with Gasteiger partial charge in [0, 0.05) is 11.6 Å². The molecule has 0 radical (unpaired) electrons. The van der Waals surface area contributed by atoms with E-state index < -0.39 is 22.7 Å². The third kappa shape index (κ3) is 1.74. The monoisotopic (exact) mass is 355 g/mol. The van der Waals surface area contributed by atoms with E-state index in [1.165, 1.54) is 0 Å². The Morgan fingerprint density at radius 2 is 2.00 bits per heavy atom. The molecule has 3 N–H and O–H groups in total. The second-order valence-corrected chi connectivity index (χ2v) is 7.33. The van der Waals surface area contributed by atoms with Crippen molar-refractivity contribution in [3.05, 3.63) is 52.2 Å². The zero-order chi connectivity index (χ0) is 19.4. The van der Waals surface area contributed by atoms with E-state index in [0.717, 1.165) is 18.4 Å². The number of nitrogens with one attached hydrogen (secondary N) is 1. The van der Waals surface area contributed by atoms with E-state index in [1.54, 1.807) is 6.07 Å². The molecule has 1 amide bonds. The summed E-state index contributed by atoms with van der Waals surface area (Å²) in [7, 11) is 0. The molecule has 1 aromatic carbocycles. The van der Waals surface area contributed by atoms with Crippen molar-refractivity contribution in [2.24, 2.45) is 17.1 Å². The number of carbonyl (C=O) groups excluding carboxylic acids is 1. The molecule has 0 fully saturated rings. The van der Waals surface area contributed by atoms with Gasteiger partial charge in [0.25, 0.3) is 0 Å². The largest absolute Gasteiger partial charge is 0.399 e. The molecule has 1 aromatic rings. The number of nitrogens with two attached hydrogens (primary N) is 1. The number of amides is 1. The first-order valence-corrected chi connectivity index (χ1v) is 8.83. The average Bonchev–Trinajstić information content (AvgIpc) is 2.96. The van der Waals surface area contributed by atoms with Crippen LogP contribution in [0.25, 0.3) is 0 Å². The van der Waals surface area contributed by atoms with Crippen LogP contribution in [-0.2, 0) is 10.2 Å². The van der Waals surface area contributed by atoms with Crippen molar-refractivity contribution in [1.82, 2.24) is 0 Å². The van der Waals surface area contributed by atoms with E-state index in [4.69, 9.17) is 5.73 Å². The van der Waals surface area contributed by atoms with Gasteiger partial charge in [0.2, 0.25) is 11.3 Å². The van der Waals surface area contributed by atoms with Gasteiger partial charge in [-0.3, -0.25) is 4.79 Å². The van der Waals surface area contributed by atoms with E-state index >= 15 is 0 Å². The second-order valence-electron chi connectivity index (χ2n) is 7.33.